The fraction of sp³-hybridized carbons (Fsp3) is 0. The average molecular weight is 702 g/mol. The van der Waals surface area contributed by atoms with Crippen molar-refractivity contribution < 1.29 is 4.42 Å². The van der Waals surface area contributed by atoms with E-state index < -0.39 is 0 Å². The number of benzene rings is 8. The number of fused-ring (bicyclic) bond motifs is 8. The first-order chi connectivity index (χ1) is 27.2. The van der Waals surface area contributed by atoms with E-state index in [9.17, 15) is 0 Å². The summed E-state index contributed by atoms with van der Waals surface area (Å²) in [6.07, 6.45) is 0. The third-order valence-corrected chi connectivity index (χ3v) is 10.7. The Hall–Kier alpha value is -7.43. The number of furan rings is 1. The highest BCUT2D eigenvalue weighted by atomic mass is 16.3. The Bertz CT molecular complexity index is 3180. The van der Waals surface area contributed by atoms with Crippen LogP contribution in [0, 0.1) is 0 Å². The molecule has 3 aromatic heterocycles. The molecule has 0 atom stereocenters. The summed E-state index contributed by atoms with van der Waals surface area (Å²) in [5, 5.41) is 7.82. The van der Waals surface area contributed by atoms with Crippen molar-refractivity contribution in [3.8, 4) is 56.3 Å². The smallest absolute Gasteiger partial charge is 0.160 e. The zero-order chi connectivity index (χ0) is 36.3. The molecule has 0 aliphatic heterocycles. The van der Waals surface area contributed by atoms with E-state index in [2.05, 4.69) is 152 Å². The third kappa shape index (κ3) is 5.34. The molecule has 11 rings (SSSR count). The van der Waals surface area contributed by atoms with E-state index in [1.807, 2.05) is 36.4 Å². The Morgan fingerprint density at radius 2 is 0.964 bits per heavy atom. The van der Waals surface area contributed by atoms with Crippen molar-refractivity contribution in [2.24, 2.45) is 0 Å². The lowest BCUT2D eigenvalue weighted by Crippen LogP contribution is -1.95. The van der Waals surface area contributed by atoms with Crippen LogP contribution in [0.5, 0.6) is 0 Å². The minimum absolute atomic E-state index is 0.707. The van der Waals surface area contributed by atoms with Crippen LogP contribution in [-0.2, 0) is 0 Å². The molecule has 0 amide bonds. The molecular weight excluding hydrogens is 671 g/mol. The molecule has 4 heteroatoms. The molecule has 3 heterocycles. The van der Waals surface area contributed by atoms with Gasteiger partial charge in [-0.2, -0.15) is 0 Å². The van der Waals surface area contributed by atoms with E-state index in [0.29, 0.717) is 5.82 Å². The predicted molar refractivity (Wildman–Crippen MR) is 227 cm³/mol. The number of hydrogen-bond acceptors (Lipinski definition) is 4. The van der Waals surface area contributed by atoms with E-state index in [1.54, 1.807) is 0 Å². The van der Waals surface area contributed by atoms with Gasteiger partial charge in [-0.15, -0.1) is 0 Å². The van der Waals surface area contributed by atoms with E-state index >= 15 is 0 Å². The van der Waals surface area contributed by atoms with Crippen molar-refractivity contribution in [2.75, 3.05) is 0 Å². The number of para-hydroxylation sites is 1. The minimum Gasteiger partial charge on any atom is -0.455 e. The van der Waals surface area contributed by atoms with Gasteiger partial charge >= 0.3 is 0 Å². The van der Waals surface area contributed by atoms with E-state index in [4.69, 9.17) is 19.4 Å². The summed E-state index contributed by atoms with van der Waals surface area (Å²) in [7, 11) is 0. The lowest BCUT2D eigenvalue weighted by atomic mass is 9.96. The first-order valence-corrected chi connectivity index (χ1v) is 18.5. The van der Waals surface area contributed by atoms with Gasteiger partial charge in [0.05, 0.1) is 22.6 Å². The van der Waals surface area contributed by atoms with Gasteiger partial charge in [-0.1, -0.05) is 152 Å². The second kappa shape index (κ2) is 12.6. The highest BCUT2D eigenvalue weighted by Gasteiger charge is 2.18. The molecule has 55 heavy (non-hydrogen) atoms. The van der Waals surface area contributed by atoms with E-state index in [-0.39, 0.29) is 0 Å². The van der Waals surface area contributed by atoms with Gasteiger partial charge in [0.25, 0.3) is 0 Å². The number of hydrogen-bond donors (Lipinski definition) is 0. The zero-order valence-electron chi connectivity index (χ0n) is 29.6. The maximum absolute atomic E-state index is 6.76. The lowest BCUT2D eigenvalue weighted by Gasteiger charge is -2.11. The number of nitrogens with zero attached hydrogens (tertiary/aromatic N) is 3. The summed E-state index contributed by atoms with van der Waals surface area (Å²) in [6.45, 7) is 0. The maximum atomic E-state index is 6.76. The summed E-state index contributed by atoms with van der Waals surface area (Å²) in [6, 6.07) is 65.5. The molecule has 0 radical (unpaired) electrons. The quantitative estimate of drug-likeness (QED) is 0.168. The van der Waals surface area contributed by atoms with Gasteiger partial charge < -0.3 is 4.42 Å². The lowest BCUT2D eigenvalue weighted by molar-refractivity contribution is 0.673. The third-order valence-electron chi connectivity index (χ3n) is 10.7. The maximum Gasteiger partial charge on any atom is 0.160 e. The molecule has 0 bridgehead atoms. The van der Waals surface area contributed by atoms with E-state index in [0.717, 1.165) is 94.1 Å². The molecule has 4 nitrogen and oxygen atoms in total. The summed E-state index contributed by atoms with van der Waals surface area (Å²) < 4.78 is 6.76. The van der Waals surface area contributed by atoms with Gasteiger partial charge in [-0.25, -0.2) is 15.0 Å². The summed E-state index contributed by atoms with van der Waals surface area (Å²) in [5.41, 5.74) is 11.8. The largest absolute Gasteiger partial charge is 0.455 e. The van der Waals surface area contributed by atoms with Crippen LogP contribution >= 0.6 is 0 Å². The Labute approximate surface area is 317 Å². The van der Waals surface area contributed by atoms with Crippen molar-refractivity contribution in [3.05, 3.63) is 188 Å². The molecule has 0 aliphatic rings. The number of rotatable bonds is 5. The van der Waals surface area contributed by atoms with Crippen LogP contribution in [0.15, 0.2) is 192 Å². The molecule has 0 aliphatic carbocycles. The monoisotopic (exact) mass is 701 g/mol. The Balaban J connectivity index is 1.02. The van der Waals surface area contributed by atoms with Crippen LogP contribution < -0.4 is 0 Å². The standard InChI is InChI=1S/C51H31N3O/c1-3-12-34(13-4-1)45-31-46(54-51(53-45)36-14-5-2-6-15-36)35-22-19-33(20-23-35)38-25-28-47-43(30-38)40-26-27-42-48(50(40)55-47)41-17-9-10-18-44(41)52-49(42)39-24-21-32-11-7-8-16-37(32)29-39/h1-31H. The van der Waals surface area contributed by atoms with Gasteiger partial charge in [0.15, 0.2) is 5.82 Å². The van der Waals surface area contributed by atoms with Crippen molar-refractivity contribution in [1.29, 1.82) is 0 Å². The normalized spacial score (nSPS) is 11.6. The Morgan fingerprint density at radius 1 is 0.345 bits per heavy atom. The first kappa shape index (κ1) is 31.1. The molecule has 256 valence electrons. The highest BCUT2D eigenvalue weighted by Crippen LogP contribution is 2.42. The fourth-order valence-corrected chi connectivity index (χ4v) is 7.91. The highest BCUT2D eigenvalue weighted by molar-refractivity contribution is 6.25. The van der Waals surface area contributed by atoms with Gasteiger partial charge in [-0.3, -0.25) is 0 Å². The van der Waals surface area contributed by atoms with Gasteiger partial charge in [0.2, 0.25) is 0 Å². The van der Waals surface area contributed by atoms with Crippen LogP contribution in [0.2, 0.25) is 0 Å². The molecule has 8 aromatic carbocycles. The van der Waals surface area contributed by atoms with Crippen LogP contribution in [-0.4, -0.2) is 15.0 Å². The van der Waals surface area contributed by atoms with Crippen LogP contribution in [0.4, 0.5) is 0 Å². The second-order valence-corrected chi connectivity index (χ2v) is 14.0. The SMILES string of the molecule is c1ccc(-c2cc(-c3ccc(-c4ccc5oc6c(ccc7c(-c8ccc9ccccc9c8)nc8ccccc8c76)c5c4)cc3)nc(-c3ccccc3)n2)cc1. The summed E-state index contributed by atoms with van der Waals surface area (Å²) >= 11 is 0. The first-order valence-electron chi connectivity index (χ1n) is 18.5. The minimum atomic E-state index is 0.707. The molecule has 0 saturated carbocycles. The Kier molecular flexibility index (Phi) is 7.14. The van der Waals surface area contributed by atoms with Gasteiger partial charge in [0.1, 0.15) is 11.2 Å². The van der Waals surface area contributed by atoms with Crippen LogP contribution in [0.3, 0.4) is 0 Å². The van der Waals surface area contributed by atoms with Crippen LogP contribution in [0.25, 0.3) is 111 Å². The number of aromatic nitrogens is 3. The fourth-order valence-electron chi connectivity index (χ4n) is 7.91. The van der Waals surface area contributed by atoms with Crippen LogP contribution in [0.1, 0.15) is 0 Å². The molecule has 0 saturated heterocycles. The Morgan fingerprint density at radius 3 is 1.76 bits per heavy atom. The molecule has 0 fully saturated rings. The van der Waals surface area contributed by atoms with Gasteiger partial charge in [0, 0.05) is 49.2 Å². The zero-order valence-corrected chi connectivity index (χ0v) is 29.6. The topological polar surface area (TPSA) is 51.8 Å². The second-order valence-electron chi connectivity index (χ2n) is 14.0. The average Bonchev–Trinajstić information content (AvgIpc) is 3.64. The van der Waals surface area contributed by atoms with Crippen molar-refractivity contribution in [1.82, 2.24) is 15.0 Å². The molecule has 0 spiro atoms. The summed E-state index contributed by atoms with van der Waals surface area (Å²) in [4.78, 5) is 15.2. The predicted octanol–water partition coefficient (Wildman–Crippen LogP) is 13.6. The van der Waals surface area contributed by atoms with Crippen molar-refractivity contribution >= 4 is 54.4 Å². The number of pyridine rings is 1. The summed E-state index contributed by atoms with van der Waals surface area (Å²) in [5.74, 6) is 0.707. The molecule has 0 unspecified atom stereocenters. The molecule has 11 aromatic rings. The molecular formula is C51H31N3O. The van der Waals surface area contributed by atoms with E-state index in [1.165, 1.54) is 10.8 Å². The van der Waals surface area contributed by atoms with Crippen molar-refractivity contribution in [3.63, 3.8) is 0 Å². The van der Waals surface area contributed by atoms with Crippen molar-refractivity contribution in [2.45, 2.75) is 0 Å². The molecule has 0 N–H and O–H groups in total. The van der Waals surface area contributed by atoms with Gasteiger partial charge in [-0.05, 0) is 58.3 Å².